The molecule has 2 unspecified atom stereocenters. The van der Waals surface area contributed by atoms with Gasteiger partial charge in [0.25, 0.3) is 0 Å². The number of benzene rings is 1. The van der Waals surface area contributed by atoms with Crippen LogP contribution >= 0.6 is 11.6 Å². The van der Waals surface area contributed by atoms with Gasteiger partial charge in [0.2, 0.25) is 10.0 Å². The van der Waals surface area contributed by atoms with Gasteiger partial charge in [0, 0.05) is 17.6 Å². The molecule has 1 saturated heterocycles. The van der Waals surface area contributed by atoms with E-state index < -0.39 is 21.9 Å². The Morgan fingerprint density at radius 1 is 1.30 bits per heavy atom. The summed E-state index contributed by atoms with van der Waals surface area (Å²) in [6, 6.07) is 5.70. The number of hydrogen-bond acceptors (Lipinski definition) is 3. The summed E-state index contributed by atoms with van der Waals surface area (Å²) < 4.78 is 26.4. The maximum absolute atomic E-state index is 12.6. The number of nitrogens with zero attached hydrogens (tertiary/aromatic N) is 1. The third kappa shape index (κ3) is 2.97. The first-order valence-corrected chi connectivity index (χ1v) is 8.14. The van der Waals surface area contributed by atoms with Crippen LogP contribution in [0.5, 0.6) is 0 Å². The van der Waals surface area contributed by atoms with Crippen LogP contribution in [0.25, 0.3) is 0 Å². The maximum atomic E-state index is 12.6. The van der Waals surface area contributed by atoms with Crippen LogP contribution in [0.1, 0.15) is 19.8 Å². The van der Waals surface area contributed by atoms with Crippen molar-refractivity contribution in [2.75, 3.05) is 6.54 Å². The van der Waals surface area contributed by atoms with Gasteiger partial charge in [-0.3, -0.25) is 4.79 Å². The Morgan fingerprint density at radius 2 is 1.90 bits per heavy atom. The molecule has 0 amide bonds. The van der Waals surface area contributed by atoms with Crippen molar-refractivity contribution in [2.24, 2.45) is 5.92 Å². The molecule has 1 heterocycles. The number of carboxylic acid groups (broad SMARTS) is 1. The van der Waals surface area contributed by atoms with E-state index in [9.17, 15) is 13.2 Å². The van der Waals surface area contributed by atoms with E-state index >= 15 is 0 Å². The van der Waals surface area contributed by atoms with Crippen LogP contribution < -0.4 is 0 Å². The molecule has 110 valence electrons. The molecule has 20 heavy (non-hydrogen) atoms. The number of halogens is 1. The van der Waals surface area contributed by atoms with E-state index in [0.29, 0.717) is 17.9 Å². The second kappa shape index (κ2) is 5.71. The Bertz CT molecular complexity index is 599. The molecule has 0 radical (unpaired) electrons. The van der Waals surface area contributed by atoms with Crippen molar-refractivity contribution in [1.82, 2.24) is 4.31 Å². The van der Waals surface area contributed by atoms with Crippen LogP contribution in [0.4, 0.5) is 0 Å². The molecule has 0 spiro atoms. The van der Waals surface area contributed by atoms with Crippen molar-refractivity contribution < 1.29 is 18.3 Å². The zero-order valence-corrected chi connectivity index (χ0v) is 12.6. The quantitative estimate of drug-likeness (QED) is 0.927. The number of piperidine rings is 1. The summed E-state index contributed by atoms with van der Waals surface area (Å²) in [5.41, 5.74) is 0. The number of sulfonamides is 1. The third-order valence-electron chi connectivity index (χ3n) is 3.59. The van der Waals surface area contributed by atoms with Gasteiger partial charge in [-0.25, -0.2) is 8.42 Å². The van der Waals surface area contributed by atoms with Gasteiger partial charge in [0.05, 0.1) is 10.8 Å². The van der Waals surface area contributed by atoms with Crippen LogP contribution in [0, 0.1) is 5.92 Å². The van der Waals surface area contributed by atoms with Crippen molar-refractivity contribution in [3.05, 3.63) is 29.3 Å². The molecule has 5 nitrogen and oxygen atoms in total. The van der Waals surface area contributed by atoms with Gasteiger partial charge in [-0.15, -0.1) is 0 Å². The summed E-state index contributed by atoms with van der Waals surface area (Å²) in [6.07, 6.45) is 1.05. The fourth-order valence-corrected chi connectivity index (χ4v) is 4.19. The molecular formula is C13H16ClNO4S. The van der Waals surface area contributed by atoms with E-state index in [2.05, 4.69) is 0 Å². The highest BCUT2D eigenvalue weighted by Crippen LogP contribution is 2.28. The predicted molar refractivity (Wildman–Crippen MR) is 75.2 cm³/mol. The minimum Gasteiger partial charge on any atom is -0.481 e. The van der Waals surface area contributed by atoms with Gasteiger partial charge < -0.3 is 5.11 Å². The van der Waals surface area contributed by atoms with E-state index in [1.165, 1.54) is 28.6 Å². The third-order valence-corrected chi connectivity index (χ3v) is 5.84. The molecule has 1 aromatic rings. The molecule has 1 aliphatic rings. The average Bonchev–Trinajstić information content (AvgIpc) is 2.39. The number of hydrogen-bond donors (Lipinski definition) is 1. The summed E-state index contributed by atoms with van der Waals surface area (Å²) in [5, 5.41) is 9.53. The average molecular weight is 318 g/mol. The molecule has 1 aromatic carbocycles. The first kappa shape index (κ1) is 15.3. The summed E-state index contributed by atoms with van der Waals surface area (Å²) in [4.78, 5) is 11.2. The van der Waals surface area contributed by atoms with Gasteiger partial charge in [-0.2, -0.15) is 4.31 Å². The van der Waals surface area contributed by atoms with E-state index in [1.807, 2.05) is 0 Å². The zero-order chi connectivity index (χ0) is 14.9. The molecule has 1 fully saturated rings. The summed E-state index contributed by atoms with van der Waals surface area (Å²) in [7, 11) is -3.68. The van der Waals surface area contributed by atoms with Gasteiger partial charge in [0.1, 0.15) is 0 Å². The predicted octanol–water partition coefficient (Wildman–Crippen LogP) is 2.21. The molecule has 0 bridgehead atoms. The van der Waals surface area contributed by atoms with E-state index in [4.69, 9.17) is 16.7 Å². The topological polar surface area (TPSA) is 74.7 Å². The summed E-state index contributed by atoms with van der Waals surface area (Å²) >= 11 is 5.75. The van der Waals surface area contributed by atoms with Crippen LogP contribution in [0.2, 0.25) is 5.02 Å². The molecule has 2 atom stereocenters. The fraction of sp³-hybridized carbons (Fsp3) is 0.462. The summed E-state index contributed by atoms with van der Waals surface area (Å²) in [5.74, 6) is -1.60. The lowest BCUT2D eigenvalue weighted by Crippen LogP contribution is -2.47. The van der Waals surface area contributed by atoms with E-state index in [1.54, 1.807) is 6.92 Å². The molecule has 1 N–H and O–H groups in total. The summed E-state index contributed by atoms with van der Waals surface area (Å²) in [6.45, 7) is 1.81. The van der Waals surface area contributed by atoms with Gasteiger partial charge in [-0.1, -0.05) is 11.6 Å². The molecule has 7 heteroatoms. The number of carbonyl (C=O) groups is 1. The van der Waals surface area contributed by atoms with Gasteiger partial charge >= 0.3 is 5.97 Å². The lowest BCUT2D eigenvalue weighted by atomic mass is 9.96. The van der Waals surface area contributed by atoms with Crippen molar-refractivity contribution in [1.29, 1.82) is 0 Å². The highest BCUT2D eigenvalue weighted by molar-refractivity contribution is 7.89. The first-order chi connectivity index (χ1) is 9.32. The smallest absolute Gasteiger partial charge is 0.307 e. The van der Waals surface area contributed by atoms with E-state index in [-0.39, 0.29) is 17.5 Å². The van der Waals surface area contributed by atoms with Crippen LogP contribution in [0.15, 0.2) is 29.2 Å². The minimum atomic E-state index is -3.68. The van der Waals surface area contributed by atoms with Crippen LogP contribution in [-0.2, 0) is 14.8 Å². The van der Waals surface area contributed by atoms with Crippen LogP contribution in [0.3, 0.4) is 0 Å². The fourth-order valence-electron chi connectivity index (χ4n) is 2.35. The molecular weight excluding hydrogens is 302 g/mol. The number of carboxylic acids is 1. The van der Waals surface area contributed by atoms with Crippen molar-refractivity contribution >= 4 is 27.6 Å². The monoisotopic (exact) mass is 317 g/mol. The Labute approximate surface area is 123 Å². The number of rotatable bonds is 3. The Morgan fingerprint density at radius 3 is 2.45 bits per heavy atom. The maximum Gasteiger partial charge on any atom is 0.307 e. The Balaban J connectivity index is 2.31. The van der Waals surface area contributed by atoms with Crippen LogP contribution in [-0.4, -0.2) is 36.4 Å². The van der Waals surface area contributed by atoms with Crippen molar-refractivity contribution in [3.63, 3.8) is 0 Å². The highest BCUT2D eigenvalue weighted by Gasteiger charge is 2.37. The molecule has 0 saturated carbocycles. The molecule has 0 aromatic heterocycles. The molecule has 0 aliphatic carbocycles. The Kier molecular flexibility index (Phi) is 4.36. The SMILES string of the molecule is CC1CCC(C(=O)O)CN1S(=O)(=O)c1ccc(Cl)cc1. The normalized spacial score (nSPS) is 24.5. The molecule has 2 rings (SSSR count). The second-order valence-electron chi connectivity index (χ2n) is 4.99. The van der Waals surface area contributed by atoms with Gasteiger partial charge in [-0.05, 0) is 44.0 Å². The lowest BCUT2D eigenvalue weighted by Gasteiger charge is -2.35. The van der Waals surface area contributed by atoms with Gasteiger partial charge in [0.15, 0.2) is 0 Å². The van der Waals surface area contributed by atoms with Crippen molar-refractivity contribution in [2.45, 2.75) is 30.7 Å². The van der Waals surface area contributed by atoms with Crippen molar-refractivity contribution in [3.8, 4) is 0 Å². The number of aliphatic carboxylic acids is 1. The second-order valence-corrected chi connectivity index (χ2v) is 7.32. The van der Waals surface area contributed by atoms with E-state index in [0.717, 1.165) is 0 Å². The largest absolute Gasteiger partial charge is 0.481 e. The zero-order valence-electron chi connectivity index (χ0n) is 11.0. The standard InChI is InChI=1S/C13H16ClNO4S/c1-9-2-3-10(13(16)17)8-15(9)20(18,19)12-6-4-11(14)5-7-12/h4-7,9-10H,2-3,8H2,1H3,(H,16,17). The molecule has 1 aliphatic heterocycles. The lowest BCUT2D eigenvalue weighted by molar-refractivity contribution is -0.143. The first-order valence-electron chi connectivity index (χ1n) is 6.32. The minimum absolute atomic E-state index is 0.0153. The highest BCUT2D eigenvalue weighted by atomic mass is 35.5. The Hall–Kier alpha value is -1.11.